The molecule has 6 heteroatoms. The third-order valence-electron chi connectivity index (χ3n) is 4.00. The number of aryl methyl sites for hydroxylation is 1. The summed E-state index contributed by atoms with van der Waals surface area (Å²) < 4.78 is 1.55. The molecule has 6 nitrogen and oxygen atoms in total. The minimum absolute atomic E-state index is 0.0607. The average Bonchev–Trinajstić information content (AvgIpc) is 2.65. The SMILES string of the molecule is CNC(=O)NCCCCCCCn1nc(-c2ccccc2)ccc1=O. The molecular formula is C19H26N4O2. The van der Waals surface area contributed by atoms with Crippen molar-refractivity contribution >= 4 is 6.03 Å². The molecule has 0 saturated carbocycles. The molecule has 0 aliphatic rings. The molecule has 0 saturated heterocycles. The number of hydrogen-bond acceptors (Lipinski definition) is 3. The molecule has 2 amide bonds. The zero-order chi connectivity index (χ0) is 17.9. The number of urea groups is 1. The van der Waals surface area contributed by atoms with Gasteiger partial charge in [-0.25, -0.2) is 9.48 Å². The van der Waals surface area contributed by atoms with Gasteiger partial charge >= 0.3 is 6.03 Å². The van der Waals surface area contributed by atoms with Crippen LogP contribution in [0, 0.1) is 0 Å². The van der Waals surface area contributed by atoms with Crippen LogP contribution < -0.4 is 16.2 Å². The van der Waals surface area contributed by atoms with Crippen LogP contribution in [0.5, 0.6) is 0 Å². The van der Waals surface area contributed by atoms with Gasteiger partial charge in [-0.3, -0.25) is 4.79 Å². The van der Waals surface area contributed by atoms with Gasteiger partial charge in [-0.2, -0.15) is 5.10 Å². The number of amides is 2. The van der Waals surface area contributed by atoms with Crippen LogP contribution in [0.15, 0.2) is 47.3 Å². The van der Waals surface area contributed by atoms with Gasteiger partial charge in [0.15, 0.2) is 0 Å². The molecule has 1 heterocycles. The van der Waals surface area contributed by atoms with Crippen LogP contribution in [-0.2, 0) is 6.54 Å². The summed E-state index contributed by atoms with van der Waals surface area (Å²) in [6, 6.07) is 13.1. The Morgan fingerprint density at radius 3 is 2.48 bits per heavy atom. The van der Waals surface area contributed by atoms with Crippen LogP contribution in [0.3, 0.4) is 0 Å². The highest BCUT2D eigenvalue weighted by molar-refractivity contribution is 5.73. The Morgan fingerprint density at radius 1 is 1.00 bits per heavy atom. The molecule has 0 aliphatic heterocycles. The summed E-state index contributed by atoms with van der Waals surface area (Å²) in [6.45, 7) is 1.33. The summed E-state index contributed by atoms with van der Waals surface area (Å²) in [4.78, 5) is 23.0. The Bertz CT molecular complexity index is 713. The lowest BCUT2D eigenvalue weighted by Gasteiger charge is -2.07. The fraction of sp³-hybridized carbons (Fsp3) is 0.421. The van der Waals surface area contributed by atoms with E-state index in [1.54, 1.807) is 23.9 Å². The van der Waals surface area contributed by atoms with Crippen molar-refractivity contribution in [1.82, 2.24) is 20.4 Å². The Morgan fingerprint density at radius 2 is 1.72 bits per heavy atom. The van der Waals surface area contributed by atoms with Crippen molar-refractivity contribution in [3.05, 3.63) is 52.8 Å². The molecule has 0 spiro atoms. The molecule has 0 aliphatic carbocycles. The maximum absolute atomic E-state index is 12.0. The summed E-state index contributed by atoms with van der Waals surface area (Å²) in [6.07, 6.45) is 5.09. The van der Waals surface area contributed by atoms with Crippen LogP contribution in [0.25, 0.3) is 11.3 Å². The van der Waals surface area contributed by atoms with Crippen molar-refractivity contribution in [2.24, 2.45) is 0 Å². The van der Waals surface area contributed by atoms with Gasteiger partial charge in [0.1, 0.15) is 0 Å². The third kappa shape index (κ3) is 6.41. The summed E-state index contributed by atoms with van der Waals surface area (Å²) in [5, 5.41) is 9.77. The molecule has 0 atom stereocenters. The van der Waals surface area contributed by atoms with Gasteiger partial charge in [0.05, 0.1) is 5.69 Å². The molecule has 0 fully saturated rings. The monoisotopic (exact) mass is 342 g/mol. The fourth-order valence-electron chi connectivity index (χ4n) is 2.58. The Kier molecular flexibility index (Phi) is 7.69. The van der Waals surface area contributed by atoms with Crippen molar-refractivity contribution in [3.8, 4) is 11.3 Å². The van der Waals surface area contributed by atoms with Gasteiger partial charge in [-0.1, -0.05) is 49.6 Å². The lowest BCUT2D eigenvalue weighted by atomic mass is 10.1. The lowest BCUT2D eigenvalue weighted by Crippen LogP contribution is -2.33. The molecule has 2 rings (SSSR count). The first-order valence-corrected chi connectivity index (χ1v) is 8.80. The van der Waals surface area contributed by atoms with E-state index in [1.165, 1.54) is 0 Å². The van der Waals surface area contributed by atoms with Crippen LogP contribution >= 0.6 is 0 Å². The van der Waals surface area contributed by atoms with Crippen molar-refractivity contribution in [3.63, 3.8) is 0 Å². The zero-order valence-electron chi connectivity index (χ0n) is 14.7. The van der Waals surface area contributed by atoms with E-state index in [1.807, 2.05) is 30.3 Å². The van der Waals surface area contributed by atoms with Gasteiger partial charge in [-0.05, 0) is 18.9 Å². The second-order valence-electron chi connectivity index (χ2n) is 5.92. The van der Waals surface area contributed by atoms with Crippen molar-refractivity contribution in [1.29, 1.82) is 0 Å². The van der Waals surface area contributed by atoms with Crippen LogP contribution in [0.4, 0.5) is 4.79 Å². The second kappa shape index (κ2) is 10.3. The van der Waals surface area contributed by atoms with Crippen molar-refractivity contribution in [2.75, 3.05) is 13.6 Å². The first kappa shape index (κ1) is 18.7. The first-order valence-electron chi connectivity index (χ1n) is 8.80. The summed E-state index contributed by atoms with van der Waals surface area (Å²) in [5.41, 5.74) is 1.77. The number of benzene rings is 1. The summed E-state index contributed by atoms with van der Waals surface area (Å²) in [7, 11) is 1.61. The largest absolute Gasteiger partial charge is 0.341 e. The molecule has 0 radical (unpaired) electrons. The van der Waals surface area contributed by atoms with E-state index in [0.717, 1.165) is 43.4 Å². The summed E-state index contributed by atoms with van der Waals surface area (Å²) in [5.74, 6) is 0. The van der Waals surface area contributed by atoms with E-state index in [9.17, 15) is 9.59 Å². The topological polar surface area (TPSA) is 76.0 Å². The Hall–Kier alpha value is -2.63. The predicted molar refractivity (Wildman–Crippen MR) is 99.5 cm³/mol. The number of unbranched alkanes of at least 4 members (excludes halogenated alkanes) is 4. The molecule has 1 aromatic heterocycles. The highest BCUT2D eigenvalue weighted by atomic mass is 16.2. The average molecular weight is 342 g/mol. The number of hydrogen-bond donors (Lipinski definition) is 2. The molecule has 134 valence electrons. The molecule has 2 N–H and O–H groups in total. The van der Waals surface area contributed by atoms with E-state index in [4.69, 9.17) is 0 Å². The maximum Gasteiger partial charge on any atom is 0.314 e. The normalized spacial score (nSPS) is 10.4. The standard InChI is InChI=1S/C19H26N4O2/c1-20-19(25)21-14-8-3-2-4-9-15-23-18(24)13-12-17(22-23)16-10-6-5-7-11-16/h5-7,10-13H,2-4,8-9,14-15H2,1H3,(H2,20,21,25). The maximum atomic E-state index is 12.0. The number of carbonyl (C=O) groups excluding carboxylic acids is 1. The van der Waals surface area contributed by atoms with E-state index in [-0.39, 0.29) is 11.6 Å². The third-order valence-corrected chi connectivity index (χ3v) is 4.00. The van der Waals surface area contributed by atoms with Gasteiger partial charge in [0, 0.05) is 31.8 Å². The van der Waals surface area contributed by atoms with Gasteiger partial charge in [0.2, 0.25) is 0 Å². The number of carbonyl (C=O) groups is 1. The highest BCUT2D eigenvalue weighted by Gasteiger charge is 2.03. The van der Waals surface area contributed by atoms with Gasteiger partial charge in [-0.15, -0.1) is 0 Å². The number of nitrogens with zero attached hydrogens (tertiary/aromatic N) is 2. The van der Waals surface area contributed by atoms with E-state index < -0.39 is 0 Å². The van der Waals surface area contributed by atoms with Crippen molar-refractivity contribution in [2.45, 2.75) is 38.6 Å². The minimum atomic E-state index is -0.135. The minimum Gasteiger partial charge on any atom is -0.341 e. The Labute approximate surface area is 148 Å². The second-order valence-corrected chi connectivity index (χ2v) is 5.92. The molecule has 1 aromatic carbocycles. The smallest absolute Gasteiger partial charge is 0.314 e. The van der Waals surface area contributed by atoms with Gasteiger partial charge < -0.3 is 10.6 Å². The quantitative estimate of drug-likeness (QED) is 0.688. The molecular weight excluding hydrogens is 316 g/mol. The van der Waals surface area contributed by atoms with E-state index in [0.29, 0.717) is 13.1 Å². The van der Waals surface area contributed by atoms with Crippen LogP contribution in [0.1, 0.15) is 32.1 Å². The summed E-state index contributed by atoms with van der Waals surface area (Å²) >= 11 is 0. The first-order chi connectivity index (χ1) is 12.2. The Balaban J connectivity index is 1.72. The number of aromatic nitrogens is 2. The lowest BCUT2D eigenvalue weighted by molar-refractivity contribution is 0.242. The fourth-order valence-corrected chi connectivity index (χ4v) is 2.58. The molecule has 0 bridgehead atoms. The predicted octanol–water partition coefficient (Wildman–Crippen LogP) is 2.79. The highest BCUT2D eigenvalue weighted by Crippen LogP contribution is 2.14. The van der Waals surface area contributed by atoms with Crippen LogP contribution in [0.2, 0.25) is 0 Å². The van der Waals surface area contributed by atoms with E-state index >= 15 is 0 Å². The molecule has 0 unspecified atom stereocenters. The van der Waals surface area contributed by atoms with E-state index in [2.05, 4.69) is 15.7 Å². The zero-order valence-corrected chi connectivity index (χ0v) is 14.7. The van der Waals surface area contributed by atoms with Crippen molar-refractivity contribution < 1.29 is 4.79 Å². The number of rotatable bonds is 9. The molecule has 25 heavy (non-hydrogen) atoms. The molecule has 2 aromatic rings. The number of nitrogens with one attached hydrogen (secondary N) is 2. The van der Waals surface area contributed by atoms with Gasteiger partial charge in [0.25, 0.3) is 5.56 Å². The van der Waals surface area contributed by atoms with Crippen LogP contribution in [-0.4, -0.2) is 29.4 Å².